The molecule has 0 aromatic heterocycles. The highest BCUT2D eigenvalue weighted by atomic mass is 16.5. The van der Waals surface area contributed by atoms with E-state index in [4.69, 9.17) is 4.74 Å². The number of hydrogen-bond acceptors (Lipinski definition) is 2. The molecule has 2 unspecified atom stereocenters. The maximum atomic E-state index is 5.08. The molecule has 2 aliphatic rings. The number of methoxy groups -OCH3 is 1. The highest BCUT2D eigenvalue weighted by Gasteiger charge is 2.67. The SMILES string of the molecule is COCCNCC1C(C)(C)C1(C)CC1CCC1. The maximum absolute atomic E-state index is 5.08. The van der Waals surface area contributed by atoms with Crippen LogP contribution in [0.2, 0.25) is 0 Å². The molecule has 0 amide bonds. The number of ether oxygens (including phenoxy) is 1. The van der Waals surface area contributed by atoms with Crippen LogP contribution < -0.4 is 5.32 Å². The predicted molar refractivity (Wildman–Crippen MR) is 72.1 cm³/mol. The van der Waals surface area contributed by atoms with Gasteiger partial charge in [-0.3, -0.25) is 0 Å². The van der Waals surface area contributed by atoms with E-state index in [1.54, 1.807) is 7.11 Å². The fraction of sp³-hybridized carbons (Fsp3) is 1.00. The summed E-state index contributed by atoms with van der Waals surface area (Å²) >= 11 is 0. The van der Waals surface area contributed by atoms with E-state index in [-0.39, 0.29) is 0 Å². The standard InChI is InChI=1S/C15H29NO/c1-14(2)13(11-16-8-9-17-4)15(14,3)10-12-6-5-7-12/h12-13,16H,5-11H2,1-4H3. The quantitative estimate of drug-likeness (QED) is 0.689. The van der Waals surface area contributed by atoms with E-state index in [9.17, 15) is 0 Å². The molecule has 0 heterocycles. The molecular weight excluding hydrogens is 210 g/mol. The van der Waals surface area contributed by atoms with Gasteiger partial charge in [0.2, 0.25) is 0 Å². The first-order valence-electron chi connectivity index (χ1n) is 7.22. The Kier molecular flexibility index (Phi) is 3.84. The van der Waals surface area contributed by atoms with Gasteiger partial charge < -0.3 is 10.1 Å². The number of nitrogens with one attached hydrogen (secondary N) is 1. The summed E-state index contributed by atoms with van der Waals surface area (Å²) < 4.78 is 5.08. The van der Waals surface area contributed by atoms with Crippen molar-refractivity contribution in [3.63, 3.8) is 0 Å². The van der Waals surface area contributed by atoms with Gasteiger partial charge in [0.25, 0.3) is 0 Å². The lowest BCUT2D eigenvalue weighted by molar-refractivity contribution is 0.197. The van der Waals surface area contributed by atoms with Crippen LogP contribution in [0.25, 0.3) is 0 Å². The molecule has 2 rings (SSSR count). The number of hydrogen-bond donors (Lipinski definition) is 1. The number of rotatable bonds is 7. The van der Waals surface area contributed by atoms with E-state index in [1.165, 1.54) is 32.2 Å². The summed E-state index contributed by atoms with van der Waals surface area (Å²) in [5.41, 5.74) is 1.11. The first-order valence-corrected chi connectivity index (χ1v) is 7.22. The smallest absolute Gasteiger partial charge is 0.0587 e. The van der Waals surface area contributed by atoms with Crippen molar-refractivity contribution in [1.29, 1.82) is 0 Å². The van der Waals surface area contributed by atoms with Crippen LogP contribution in [0.4, 0.5) is 0 Å². The summed E-state index contributed by atoms with van der Waals surface area (Å²) in [5, 5.41) is 3.54. The molecule has 1 N–H and O–H groups in total. The zero-order valence-corrected chi connectivity index (χ0v) is 12.0. The molecule has 100 valence electrons. The predicted octanol–water partition coefficient (Wildman–Crippen LogP) is 3.07. The van der Waals surface area contributed by atoms with Crippen LogP contribution in [0.15, 0.2) is 0 Å². The van der Waals surface area contributed by atoms with Gasteiger partial charge in [0.15, 0.2) is 0 Å². The lowest BCUT2D eigenvalue weighted by atomic mass is 9.76. The average molecular weight is 239 g/mol. The van der Waals surface area contributed by atoms with Crippen molar-refractivity contribution in [1.82, 2.24) is 5.32 Å². The Labute approximate surface area is 107 Å². The van der Waals surface area contributed by atoms with E-state index in [0.29, 0.717) is 10.8 Å². The fourth-order valence-corrected chi connectivity index (χ4v) is 3.80. The maximum Gasteiger partial charge on any atom is 0.0587 e. The van der Waals surface area contributed by atoms with E-state index < -0.39 is 0 Å². The Morgan fingerprint density at radius 2 is 1.94 bits per heavy atom. The summed E-state index contributed by atoms with van der Waals surface area (Å²) in [4.78, 5) is 0. The average Bonchev–Trinajstić information content (AvgIpc) is 2.63. The Morgan fingerprint density at radius 3 is 2.47 bits per heavy atom. The normalized spacial score (nSPS) is 35.6. The van der Waals surface area contributed by atoms with Crippen molar-refractivity contribution in [3.8, 4) is 0 Å². The topological polar surface area (TPSA) is 21.3 Å². The molecular formula is C15H29NO. The third-order valence-corrected chi connectivity index (χ3v) is 5.80. The van der Waals surface area contributed by atoms with Crippen molar-refractivity contribution in [2.45, 2.75) is 46.5 Å². The third-order valence-electron chi connectivity index (χ3n) is 5.80. The van der Waals surface area contributed by atoms with Gasteiger partial charge in [-0.15, -0.1) is 0 Å². The van der Waals surface area contributed by atoms with E-state index >= 15 is 0 Å². The molecule has 17 heavy (non-hydrogen) atoms. The van der Waals surface area contributed by atoms with Crippen molar-refractivity contribution < 1.29 is 4.74 Å². The summed E-state index contributed by atoms with van der Waals surface area (Å²) in [6.07, 6.45) is 5.89. The van der Waals surface area contributed by atoms with Crippen LogP contribution in [-0.2, 0) is 4.74 Å². The summed E-state index contributed by atoms with van der Waals surface area (Å²) in [7, 11) is 1.77. The molecule has 2 fully saturated rings. The first-order chi connectivity index (χ1) is 8.02. The second-order valence-electron chi connectivity index (χ2n) is 6.89. The Morgan fingerprint density at radius 1 is 1.24 bits per heavy atom. The molecule has 2 aliphatic carbocycles. The minimum atomic E-state index is 0.530. The Hall–Kier alpha value is -0.0800. The molecule has 2 nitrogen and oxygen atoms in total. The molecule has 0 radical (unpaired) electrons. The third kappa shape index (κ3) is 2.39. The van der Waals surface area contributed by atoms with Gasteiger partial charge in [-0.05, 0) is 35.6 Å². The molecule has 0 aliphatic heterocycles. The van der Waals surface area contributed by atoms with Gasteiger partial charge in [0, 0.05) is 13.7 Å². The molecule has 0 aromatic rings. The van der Waals surface area contributed by atoms with Crippen LogP contribution in [0.5, 0.6) is 0 Å². The van der Waals surface area contributed by atoms with Crippen LogP contribution in [0, 0.1) is 22.7 Å². The molecule has 0 saturated heterocycles. The molecule has 0 aromatic carbocycles. The molecule has 0 spiro atoms. The van der Waals surface area contributed by atoms with Crippen molar-refractivity contribution in [2.24, 2.45) is 22.7 Å². The van der Waals surface area contributed by atoms with Gasteiger partial charge >= 0.3 is 0 Å². The summed E-state index contributed by atoms with van der Waals surface area (Å²) in [6, 6.07) is 0. The van der Waals surface area contributed by atoms with Gasteiger partial charge in [0.05, 0.1) is 6.61 Å². The van der Waals surface area contributed by atoms with Crippen LogP contribution in [-0.4, -0.2) is 26.8 Å². The second-order valence-corrected chi connectivity index (χ2v) is 6.89. The van der Waals surface area contributed by atoms with Gasteiger partial charge in [-0.1, -0.05) is 40.0 Å². The second kappa shape index (κ2) is 4.89. The minimum absolute atomic E-state index is 0.530. The van der Waals surface area contributed by atoms with Crippen LogP contribution >= 0.6 is 0 Å². The lowest BCUT2D eigenvalue weighted by Crippen LogP contribution is -2.24. The van der Waals surface area contributed by atoms with Crippen LogP contribution in [0.1, 0.15) is 46.5 Å². The molecule has 2 heteroatoms. The van der Waals surface area contributed by atoms with Gasteiger partial charge in [-0.25, -0.2) is 0 Å². The Balaban J connectivity index is 1.77. The zero-order valence-electron chi connectivity index (χ0n) is 12.0. The van der Waals surface area contributed by atoms with E-state index in [1.807, 2.05) is 0 Å². The van der Waals surface area contributed by atoms with Crippen molar-refractivity contribution in [3.05, 3.63) is 0 Å². The molecule has 2 atom stereocenters. The lowest BCUT2D eigenvalue weighted by Gasteiger charge is -2.30. The minimum Gasteiger partial charge on any atom is -0.383 e. The van der Waals surface area contributed by atoms with E-state index in [2.05, 4.69) is 26.1 Å². The zero-order chi connectivity index (χ0) is 12.5. The largest absolute Gasteiger partial charge is 0.383 e. The van der Waals surface area contributed by atoms with Crippen molar-refractivity contribution >= 4 is 0 Å². The monoisotopic (exact) mass is 239 g/mol. The van der Waals surface area contributed by atoms with Gasteiger partial charge in [0.1, 0.15) is 0 Å². The molecule has 0 bridgehead atoms. The fourth-order valence-electron chi connectivity index (χ4n) is 3.80. The van der Waals surface area contributed by atoms with Gasteiger partial charge in [-0.2, -0.15) is 0 Å². The molecule has 2 saturated carbocycles. The first kappa shape index (κ1) is 13.4. The van der Waals surface area contributed by atoms with E-state index in [0.717, 1.165) is 25.0 Å². The summed E-state index contributed by atoms with van der Waals surface area (Å²) in [5.74, 6) is 1.88. The Bertz CT molecular complexity index is 260. The van der Waals surface area contributed by atoms with Crippen LogP contribution in [0.3, 0.4) is 0 Å². The summed E-state index contributed by atoms with van der Waals surface area (Å²) in [6.45, 7) is 10.4. The highest BCUT2D eigenvalue weighted by Crippen LogP contribution is 2.71. The van der Waals surface area contributed by atoms with Crippen molar-refractivity contribution in [2.75, 3.05) is 26.8 Å². The highest BCUT2D eigenvalue weighted by molar-refractivity contribution is 5.16.